The molecule has 0 atom stereocenters. The lowest BCUT2D eigenvalue weighted by atomic mass is 10.0. The summed E-state index contributed by atoms with van der Waals surface area (Å²) in [6, 6.07) is 3.52. The van der Waals surface area contributed by atoms with Crippen molar-refractivity contribution in [2.75, 3.05) is 6.54 Å². The van der Waals surface area contributed by atoms with Crippen molar-refractivity contribution in [3.8, 4) is 11.8 Å². The first-order valence-corrected chi connectivity index (χ1v) is 4.66. The standard InChI is InChI=1S/C11H7N3O4/c12-14-13-5-1-2-7-6-8(10(15)16)3-4-9(7)11(17)18/h3-4,6H,5H2,(H,15,16)(H,17,18). The number of aromatic carboxylic acids is 2. The van der Waals surface area contributed by atoms with Gasteiger partial charge in [-0.15, -0.1) is 0 Å². The first-order valence-electron chi connectivity index (χ1n) is 4.66. The van der Waals surface area contributed by atoms with Gasteiger partial charge in [-0.2, -0.15) is 0 Å². The van der Waals surface area contributed by atoms with E-state index in [2.05, 4.69) is 21.9 Å². The Morgan fingerprint density at radius 3 is 2.61 bits per heavy atom. The van der Waals surface area contributed by atoms with Crippen LogP contribution in [0, 0.1) is 11.8 Å². The quantitative estimate of drug-likeness (QED) is 0.364. The fourth-order valence-electron chi connectivity index (χ4n) is 1.17. The molecule has 7 heteroatoms. The zero-order chi connectivity index (χ0) is 13.5. The molecule has 0 amide bonds. The SMILES string of the molecule is [N-]=[N+]=NCC#Cc1cc(C(=O)O)ccc1C(=O)O. The van der Waals surface area contributed by atoms with Crippen molar-refractivity contribution in [2.24, 2.45) is 5.11 Å². The lowest BCUT2D eigenvalue weighted by Gasteiger charge is -2.00. The van der Waals surface area contributed by atoms with Gasteiger partial charge in [0.1, 0.15) is 0 Å². The van der Waals surface area contributed by atoms with E-state index in [9.17, 15) is 9.59 Å². The minimum Gasteiger partial charge on any atom is -0.478 e. The maximum atomic E-state index is 10.9. The van der Waals surface area contributed by atoms with Crippen molar-refractivity contribution >= 4 is 11.9 Å². The number of carboxylic acid groups (broad SMARTS) is 2. The lowest BCUT2D eigenvalue weighted by molar-refractivity contribution is 0.0681. The molecule has 0 unspecified atom stereocenters. The number of hydrogen-bond donors (Lipinski definition) is 2. The number of carbonyl (C=O) groups is 2. The summed E-state index contributed by atoms with van der Waals surface area (Å²) in [5.74, 6) is 2.52. The van der Waals surface area contributed by atoms with Crippen LogP contribution in [0.5, 0.6) is 0 Å². The molecular formula is C11H7N3O4. The van der Waals surface area contributed by atoms with Crippen molar-refractivity contribution in [3.63, 3.8) is 0 Å². The molecule has 0 aliphatic heterocycles. The molecule has 2 N–H and O–H groups in total. The number of rotatable bonds is 3. The molecule has 1 rings (SSSR count). The Labute approximate surface area is 101 Å². The Morgan fingerprint density at radius 1 is 1.33 bits per heavy atom. The van der Waals surface area contributed by atoms with Crippen LogP contribution >= 0.6 is 0 Å². The average Bonchev–Trinajstić information content (AvgIpc) is 2.34. The fraction of sp³-hybridized carbons (Fsp3) is 0.0909. The van der Waals surface area contributed by atoms with Crippen LogP contribution in [-0.4, -0.2) is 28.7 Å². The van der Waals surface area contributed by atoms with Crippen LogP contribution in [0.4, 0.5) is 0 Å². The number of hydrogen-bond acceptors (Lipinski definition) is 3. The van der Waals surface area contributed by atoms with Gasteiger partial charge in [0.2, 0.25) is 0 Å². The second-order valence-electron chi connectivity index (χ2n) is 3.06. The third kappa shape index (κ3) is 3.27. The van der Waals surface area contributed by atoms with E-state index in [0.717, 1.165) is 6.07 Å². The Balaban J connectivity index is 3.21. The van der Waals surface area contributed by atoms with E-state index in [4.69, 9.17) is 15.7 Å². The van der Waals surface area contributed by atoms with Crippen LogP contribution < -0.4 is 0 Å². The van der Waals surface area contributed by atoms with E-state index in [1.807, 2.05) is 0 Å². The normalized spacial score (nSPS) is 8.67. The first kappa shape index (κ1) is 13.1. The van der Waals surface area contributed by atoms with Crippen LogP contribution in [0.2, 0.25) is 0 Å². The Kier molecular flexibility index (Phi) is 4.32. The van der Waals surface area contributed by atoms with E-state index in [-0.39, 0.29) is 23.2 Å². The highest BCUT2D eigenvalue weighted by Crippen LogP contribution is 2.11. The number of carboxylic acids is 2. The highest BCUT2D eigenvalue weighted by atomic mass is 16.4. The Morgan fingerprint density at radius 2 is 2.06 bits per heavy atom. The van der Waals surface area contributed by atoms with Gasteiger partial charge in [-0.3, -0.25) is 0 Å². The smallest absolute Gasteiger partial charge is 0.336 e. The summed E-state index contributed by atoms with van der Waals surface area (Å²) in [7, 11) is 0. The summed E-state index contributed by atoms with van der Waals surface area (Å²) in [6.45, 7) is -0.118. The maximum absolute atomic E-state index is 10.9. The van der Waals surface area contributed by atoms with Crippen molar-refractivity contribution in [3.05, 3.63) is 45.3 Å². The Bertz CT molecular complexity index is 606. The zero-order valence-corrected chi connectivity index (χ0v) is 8.99. The molecule has 0 heterocycles. The summed E-state index contributed by atoms with van der Waals surface area (Å²) in [5, 5.41) is 20.8. The molecular weight excluding hydrogens is 238 g/mol. The van der Waals surface area contributed by atoms with E-state index in [1.165, 1.54) is 12.1 Å². The van der Waals surface area contributed by atoms with Gasteiger partial charge in [-0.25, -0.2) is 9.59 Å². The molecule has 0 aromatic heterocycles. The van der Waals surface area contributed by atoms with E-state index in [0.29, 0.717) is 0 Å². The van der Waals surface area contributed by atoms with Gasteiger partial charge >= 0.3 is 11.9 Å². The molecule has 0 fully saturated rings. The van der Waals surface area contributed by atoms with Gasteiger partial charge in [0.15, 0.2) is 0 Å². The minimum atomic E-state index is -1.21. The number of azide groups is 1. The largest absolute Gasteiger partial charge is 0.478 e. The molecule has 0 saturated heterocycles. The van der Waals surface area contributed by atoms with Crippen LogP contribution in [0.1, 0.15) is 26.3 Å². The average molecular weight is 245 g/mol. The van der Waals surface area contributed by atoms with Crippen LogP contribution in [-0.2, 0) is 0 Å². The van der Waals surface area contributed by atoms with Gasteiger partial charge < -0.3 is 10.2 Å². The third-order valence-corrected chi connectivity index (χ3v) is 1.93. The lowest BCUT2D eigenvalue weighted by Crippen LogP contribution is -2.04. The number of nitrogens with zero attached hydrogens (tertiary/aromatic N) is 3. The summed E-state index contributed by atoms with van der Waals surface area (Å²) in [5.41, 5.74) is 7.94. The molecule has 90 valence electrons. The summed E-state index contributed by atoms with van der Waals surface area (Å²) >= 11 is 0. The van der Waals surface area contributed by atoms with Crippen molar-refractivity contribution < 1.29 is 19.8 Å². The molecule has 0 bridgehead atoms. The molecule has 0 saturated carbocycles. The summed E-state index contributed by atoms with van der Waals surface area (Å²) in [4.78, 5) is 24.1. The van der Waals surface area contributed by atoms with E-state index >= 15 is 0 Å². The third-order valence-electron chi connectivity index (χ3n) is 1.93. The van der Waals surface area contributed by atoms with Crippen molar-refractivity contribution in [1.29, 1.82) is 0 Å². The molecule has 0 spiro atoms. The molecule has 0 aliphatic rings. The van der Waals surface area contributed by atoms with Gasteiger partial charge in [0.25, 0.3) is 0 Å². The highest BCUT2D eigenvalue weighted by molar-refractivity contribution is 5.94. The second-order valence-corrected chi connectivity index (χ2v) is 3.06. The Hall–Kier alpha value is -2.97. The maximum Gasteiger partial charge on any atom is 0.336 e. The summed E-state index contributed by atoms with van der Waals surface area (Å²) < 4.78 is 0. The second kappa shape index (κ2) is 5.94. The summed E-state index contributed by atoms with van der Waals surface area (Å²) in [6.07, 6.45) is 0. The van der Waals surface area contributed by atoms with Crippen LogP contribution in [0.25, 0.3) is 10.4 Å². The van der Waals surface area contributed by atoms with Crippen LogP contribution in [0.15, 0.2) is 23.3 Å². The monoisotopic (exact) mass is 245 g/mol. The van der Waals surface area contributed by atoms with Crippen molar-refractivity contribution in [2.45, 2.75) is 0 Å². The molecule has 0 aliphatic carbocycles. The molecule has 7 nitrogen and oxygen atoms in total. The van der Waals surface area contributed by atoms with Gasteiger partial charge in [0.05, 0.1) is 17.7 Å². The predicted molar refractivity (Wildman–Crippen MR) is 61.3 cm³/mol. The molecule has 18 heavy (non-hydrogen) atoms. The zero-order valence-electron chi connectivity index (χ0n) is 8.99. The van der Waals surface area contributed by atoms with Crippen LogP contribution in [0.3, 0.4) is 0 Å². The molecule has 1 aromatic carbocycles. The molecule has 0 radical (unpaired) electrons. The van der Waals surface area contributed by atoms with Gasteiger partial charge in [-0.1, -0.05) is 17.0 Å². The predicted octanol–water partition coefficient (Wildman–Crippen LogP) is 1.74. The van der Waals surface area contributed by atoms with Crippen molar-refractivity contribution in [1.82, 2.24) is 0 Å². The minimum absolute atomic E-state index is 0.0620. The first-order chi connectivity index (χ1) is 8.56. The van der Waals surface area contributed by atoms with E-state index < -0.39 is 11.9 Å². The van der Waals surface area contributed by atoms with Gasteiger partial charge in [-0.05, 0) is 23.7 Å². The highest BCUT2D eigenvalue weighted by Gasteiger charge is 2.11. The van der Waals surface area contributed by atoms with Gasteiger partial charge in [0, 0.05) is 10.5 Å². The van der Waals surface area contributed by atoms with E-state index in [1.54, 1.807) is 0 Å². The fourth-order valence-corrected chi connectivity index (χ4v) is 1.17. The number of benzene rings is 1. The topological polar surface area (TPSA) is 123 Å². The molecule has 1 aromatic rings.